The van der Waals surface area contributed by atoms with Crippen LogP contribution >= 0.6 is 11.6 Å². The molecule has 22 heavy (non-hydrogen) atoms. The second-order valence-electron chi connectivity index (χ2n) is 4.58. The largest absolute Gasteiger partial charge is 0.378 e. The number of rotatable bonds is 6. The van der Waals surface area contributed by atoms with Crippen molar-refractivity contribution in [1.29, 1.82) is 0 Å². The summed E-state index contributed by atoms with van der Waals surface area (Å²) in [5.74, 6) is -0.275. The van der Waals surface area contributed by atoms with Crippen molar-refractivity contribution in [3.8, 4) is 0 Å². The quantitative estimate of drug-likeness (QED) is 0.850. The zero-order valence-corrected chi connectivity index (χ0v) is 13.3. The third-order valence-corrected chi connectivity index (χ3v) is 4.76. The van der Waals surface area contributed by atoms with Gasteiger partial charge in [-0.15, -0.1) is 0 Å². The second kappa shape index (κ2) is 8.08. The first-order valence-electron chi connectivity index (χ1n) is 6.73. The van der Waals surface area contributed by atoms with E-state index in [0.717, 1.165) is 0 Å². The van der Waals surface area contributed by atoms with Gasteiger partial charge in [-0.1, -0.05) is 48.0 Å². The molecule has 2 aromatic rings. The maximum Gasteiger partial charge on any atom is 0.253 e. The topological polar surface area (TPSA) is 66.4 Å². The zero-order valence-electron chi connectivity index (χ0n) is 11.7. The van der Waals surface area contributed by atoms with Crippen molar-refractivity contribution in [2.24, 2.45) is 0 Å². The number of halogens is 1. The molecule has 0 spiro atoms. The minimum absolute atomic E-state index is 0.210. The molecular weight excluding hydrogens is 322 g/mol. The Hall–Kier alpha value is -1.69. The summed E-state index contributed by atoms with van der Waals surface area (Å²) in [6.07, 6.45) is -1.33. The summed E-state index contributed by atoms with van der Waals surface area (Å²) in [7, 11) is -1.18. The molecule has 2 N–H and O–H groups in total. The van der Waals surface area contributed by atoms with Gasteiger partial charge in [0.1, 0.15) is 0 Å². The number of aliphatic hydroxyl groups is 1. The molecule has 4 nitrogen and oxygen atoms in total. The van der Waals surface area contributed by atoms with E-state index in [4.69, 9.17) is 11.6 Å². The van der Waals surface area contributed by atoms with Crippen LogP contribution in [0, 0.1) is 0 Å². The van der Waals surface area contributed by atoms with Gasteiger partial charge < -0.3 is 10.4 Å². The summed E-state index contributed by atoms with van der Waals surface area (Å²) in [6, 6.07) is 15.6. The van der Waals surface area contributed by atoms with E-state index in [0.29, 0.717) is 15.5 Å². The Morgan fingerprint density at radius 2 is 1.77 bits per heavy atom. The van der Waals surface area contributed by atoms with E-state index < -0.39 is 22.8 Å². The van der Waals surface area contributed by atoms with Gasteiger partial charge in [0.15, 0.2) is 6.10 Å². The van der Waals surface area contributed by atoms with Crippen LogP contribution in [0.1, 0.15) is 11.7 Å². The molecule has 0 aromatic heterocycles. The zero-order chi connectivity index (χ0) is 15.9. The molecule has 2 atom stereocenters. The minimum atomic E-state index is -1.33. The molecule has 0 aliphatic carbocycles. The SMILES string of the molecule is O=C(NCC[S@@](=O)c1ccccc1)[C@H](O)c1ccccc1Cl. The predicted octanol–water partition coefficient (Wildman–Crippen LogP) is 2.30. The van der Waals surface area contributed by atoms with E-state index in [1.807, 2.05) is 18.2 Å². The lowest BCUT2D eigenvalue weighted by Gasteiger charge is -2.12. The molecule has 1 amide bonds. The lowest BCUT2D eigenvalue weighted by molar-refractivity contribution is -0.129. The maximum absolute atomic E-state index is 12.0. The standard InChI is InChI=1S/C16H16ClNO3S/c17-14-9-5-4-8-13(14)15(19)16(20)18-10-11-22(21)12-6-2-1-3-7-12/h1-9,15,19H,10-11H2,(H,18,20)/t15-,22-/m1/s1. The summed E-state index contributed by atoms with van der Waals surface area (Å²) >= 11 is 5.94. The van der Waals surface area contributed by atoms with Crippen molar-refractivity contribution in [3.63, 3.8) is 0 Å². The van der Waals surface area contributed by atoms with Crippen LogP contribution in [0.15, 0.2) is 59.5 Å². The number of nitrogens with one attached hydrogen (secondary N) is 1. The Labute approximate surface area is 136 Å². The molecule has 0 radical (unpaired) electrons. The van der Waals surface area contributed by atoms with Gasteiger partial charge in [-0.25, -0.2) is 0 Å². The molecule has 6 heteroatoms. The van der Waals surface area contributed by atoms with Crippen LogP contribution in [-0.4, -0.2) is 27.5 Å². The fourth-order valence-electron chi connectivity index (χ4n) is 1.89. The number of hydrogen-bond donors (Lipinski definition) is 2. The van der Waals surface area contributed by atoms with E-state index >= 15 is 0 Å². The number of hydrogen-bond acceptors (Lipinski definition) is 3. The Bertz CT molecular complexity index is 663. The number of aliphatic hydroxyl groups excluding tert-OH is 1. The van der Waals surface area contributed by atoms with E-state index in [1.165, 1.54) is 0 Å². The van der Waals surface area contributed by atoms with Gasteiger partial charge in [-0.05, 0) is 18.2 Å². The first-order valence-corrected chi connectivity index (χ1v) is 8.43. The molecule has 0 fully saturated rings. The summed E-state index contributed by atoms with van der Waals surface area (Å²) in [4.78, 5) is 12.6. The highest BCUT2D eigenvalue weighted by Crippen LogP contribution is 2.22. The van der Waals surface area contributed by atoms with Gasteiger partial charge in [0.05, 0.1) is 10.8 Å². The maximum atomic E-state index is 12.0. The van der Waals surface area contributed by atoms with Gasteiger partial charge in [0.25, 0.3) is 5.91 Å². The fraction of sp³-hybridized carbons (Fsp3) is 0.188. The monoisotopic (exact) mass is 337 g/mol. The summed E-state index contributed by atoms with van der Waals surface area (Å²) in [6.45, 7) is 0.210. The van der Waals surface area contributed by atoms with Gasteiger partial charge in [-0.3, -0.25) is 9.00 Å². The van der Waals surface area contributed by atoms with Crippen molar-refractivity contribution >= 4 is 28.3 Å². The first-order chi connectivity index (χ1) is 10.6. The van der Waals surface area contributed by atoms with E-state index in [2.05, 4.69) is 5.32 Å². The average molecular weight is 338 g/mol. The molecule has 0 aliphatic heterocycles. The van der Waals surface area contributed by atoms with Crippen LogP contribution in [0.25, 0.3) is 0 Å². The molecule has 0 unspecified atom stereocenters. The Kier molecular flexibility index (Phi) is 6.12. The molecule has 0 bridgehead atoms. The van der Waals surface area contributed by atoms with Crippen molar-refractivity contribution in [2.45, 2.75) is 11.0 Å². The number of carbonyl (C=O) groups is 1. The van der Waals surface area contributed by atoms with Crippen molar-refractivity contribution in [3.05, 3.63) is 65.2 Å². The highest BCUT2D eigenvalue weighted by atomic mass is 35.5. The minimum Gasteiger partial charge on any atom is -0.378 e. The number of benzene rings is 2. The number of carbonyl (C=O) groups excluding carboxylic acids is 1. The molecule has 2 aromatic carbocycles. The predicted molar refractivity (Wildman–Crippen MR) is 87.1 cm³/mol. The van der Waals surface area contributed by atoms with Crippen LogP contribution in [0.3, 0.4) is 0 Å². The summed E-state index contributed by atoms with van der Waals surface area (Å²) in [5.41, 5.74) is 0.353. The van der Waals surface area contributed by atoms with Crippen molar-refractivity contribution in [2.75, 3.05) is 12.3 Å². The lowest BCUT2D eigenvalue weighted by Crippen LogP contribution is -2.32. The van der Waals surface area contributed by atoms with Crippen LogP contribution in [0.4, 0.5) is 0 Å². The lowest BCUT2D eigenvalue weighted by atomic mass is 10.1. The van der Waals surface area contributed by atoms with Gasteiger partial charge in [-0.2, -0.15) is 0 Å². The van der Waals surface area contributed by atoms with Crippen molar-refractivity contribution in [1.82, 2.24) is 5.32 Å². The molecular formula is C16H16ClNO3S. The molecule has 2 rings (SSSR count). The molecule has 0 saturated heterocycles. The average Bonchev–Trinajstić information content (AvgIpc) is 2.55. The second-order valence-corrected chi connectivity index (χ2v) is 6.56. The van der Waals surface area contributed by atoms with Crippen LogP contribution in [-0.2, 0) is 15.6 Å². The van der Waals surface area contributed by atoms with Gasteiger partial charge >= 0.3 is 0 Å². The third-order valence-electron chi connectivity index (χ3n) is 3.04. The Morgan fingerprint density at radius 3 is 2.45 bits per heavy atom. The molecule has 0 aliphatic rings. The summed E-state index contributed by atoms with van der Waals surface area (Å²) < 4.78 is 12.0. The van der Waals surface area contributed by atoms with E-state index in [-0.39, 0.29) is 12.3 Å². The van der Waals surface area contributed by atoms with Crippen LogP contribution in [0.5, 0.6) is 0 Å². The molecule has 0 heterocycles. The fourth-order valence-corrected chi connectivity index (χ4v) is 3.11. The Balaban J connectivity index is 1.86. The highest BCUT2D eigenvalue weighted by molar-refractivity contribution is 7.85. The highest BCUT2D eigenvalue weighted by Gasteiger charge is 2.19. The normalized spacial score (nSPS) is 13.4. The van der Waals surface area contributed by atoms with Crippen LogP contribution < -0.4 is 5.32 Å². The number of amides is 1. The Morgan fingerprint density at radius 1 is 1.14 bits per heavy atom. The first kappa shape index (κ1) is 16.7. The van der Waals surface area contributed by atoms with Crippen molar-refractivity contribution < 1.29 is 14.1 Å². The van der Waals surface area contributed by atoms with E-state index in [9.17, 15) is 14.1 Å². The van der Waals surface area contributed by atoms with Gasteiger partial charge in [0.2, 0.25) is 0 Å². The molecule has 0 saturated carbocycles. The van der Waals surface area contributed by atoms with Crippen LogP contribution in [0.2, 0.25) is 5.02 Å². The summed E-state index contributed by atoms with van der Waals surface area (Å²) in [5, 5.41) is 12.9. The van der Waals surface area contributed by atoms with Gasteiger partial charge in [0, 0.05) is 27.8 Å². The third kappa shape index (κ3) is 4.40. The molecule has 116 valence electrons. The van der Waals surface area contributed by atoms with E-state index in [1.54, 1.807) is 36.4 Å². The smallest absolute Gasteiger partial charge is 0.253 e.